The number of rotatable bonds is 5. The summed E-state index contributed by atoms with van der Waals surface area (Å²) in [5.74, 6) is 0. The van der Waals surface area contributed by atoms with E-state index in [0.717, 1.165) is 12.0 Å². The fourth-order valence-corrected chi connectivity index (χ4v) is 1.29. The Bertz CT molecular complexity index is 282. The molecular formula is C13H21NO. The van der Waals surface area contributed by atoms with Crippen molar-refractivity contribution in [3.8, 4) is 0 Å². The molecule has 0 saturated carbocycles. The van der Waals surface area contributed by atoms with Crippen LogP contribution in [0, 0.1) is 0 Å². The Balaban J connectivity index is 2.47. The second-order valence-electron chi connectivity index (χ2n) is 4.54. The fourth-order valence-electron chi connectivity index (χ4n) is 1.29. The molecule has 0 aliphatic heterocycles. The van der Waals surface area contributed by atoms with Crippen molar-refractivity contribution >= 4 is 0 Å². The van der Waals surface area contributed by atoms with Crippen molar-refractivity contribution in [1.82, 2.24) is 5.32 Å². The lowest BCUT2D eigenvalue weighted by Crippen LogP contribution is -2.40. The summed E-state index contributed by atoms with van der Waals surface area (Å²) in [5, 5.41) is 13.3. The minimum Gasteiger partial charge on any atom is -0.387 e. The van der Waals surface area contributed by atoms with Crippen LogP contribution in [0.5, 0.6) is 0 Å². The SMILES string of the molecule is CCC(C)(C)NC[C@H](O)c1ccccc1. The van der Waals surface area contributed by atoms with E-state index in [0.29, 0.717) is 6.54 Å². The third-order valence-corrected chi connectivity index (χ3v) is 2.84. The van der Waals surface area contributed by atoms with E-state index in [9.17, 15) is 5.11 Å². The second-order valence-corrected chi connectivity index (χ2v) is 4.54. The van der Waals surface area contributed by atoms with Gasteiger partial charge in [0.1, 0.15) is 0 Å². The first-order valence-corrected chi connectivity index (χ1v) is 5.53. The number of aliphatic hydroxyl groups excluding tert-OH is 1. The van der Waals surface area contributed by atoms with Gasteiger partial charge in [-0.25, -0.2) is 0 Å². The van der Waals surface area contributed by atoms with Gasteiger partial charge in [0.25, 0.3) is 0 Å². The molecule has 1 rings (SSSR count). The zero-order valence-corrected chi connectivity index (χ0v) is 9.83. The first kappa shape index (κ1) is 12.2. The van der Waals surface area contributed by atoms with Crippen molar-refractivity contribution < 1.29 is 5.11 Å². The highest BCUT2D eigenvalue weighted by Gasteiger charge is 2.16. The molecule has 0 saturated heterocycles. The summed E-state index contributed by atoms with van der Waals surface area (Å²) in [4.78, 5) is 0. The zero-order chi connectivity index (χ0) is 11.3. The van der Waals surface area contributed by atoms with Gasteiger partial charge < -0.3 is 10.4 Å². The van der Waals surface area contributed by atoms with E-state index >= 15 is 0 Å². The number of aliphatic hydroxyl groups is 1. The molecule has 1 aromatic carbocycles. The summed E-state index contributed by atoms with van der Waals surface area (Å²) in [7, 11) is 0. The molecule has 0 bridgehead atoms. The number of β-amino-alcohol motifs (C(OH)–C–C–N with tert-alkyl or cyclic N) is 1. The topological polar surface area (TPSA) is 32.3 Å². The smallest absolute Gasteiger partial charge is 0.0914 e. The summed E-state index contributed by atoms with van der Waals surface area (Å²) in [6, 6.07) is 9.75. The Kier molecular flexibility index (Phi) is 4.30. The summed E-state index contributed by atoms with van der Waals surface area (Å²) in [6.07, 6.45) is 0.631. The van der Waals surface area contributed by atoms with Crippen LogP contribution in [0.4, 0.5) is 0 Å². The summed E-state index contributed by atoms with van der Waals surface area (Å²) < 4.78 is 0. The minimum atomic E-state index is -0.419. The van der Waals surface area contributed by atoms with E-state index < -0.39 is 6.10 Å². The first-order valence-electron chi connectivity index (χ1n) is 5.53. The lowest BCUT2D eigenvalue weighted by molar-refractivity contribution is 0.160. The molecule has 2 heteroatoms. The number of hydrogen-bond acceptors (Lipinski definition) is 2. The molecule has 0 aliphatic carbocycles. The molecule has 0 amide bonds. The Morgan fingerprint density at radius 2 is 1.87 bits per heavy atom. The van der Waals surface area contributed by atoms with Crippen molar-refractivity contribution in [3.05, 3.63) is 35.9 Å². The lowest BCUT2D eigenvalue weighted by atomic mass is 10.0. The highest BCUT2D eigenvalue weighted by molar-refractivity contribution is 5.17. The molecule has 0 aromatic heterocycles. The van der Waals surface area contributed by atoms with E-state index in [2.05, 4.69) is 26.1 Å². The highest BCUT2D eigenvalue weighted by atomic mass is 16.3. The fraction of sp³-hybridized carbons (Fsp3) is 0.538. The van der Waals surface area contributed by atoms with Crippen LogP contribution >= 0.6 is 0 Å². The predicted molar refractivity (Wildman–Crippen MR) is 63.8 cm³/mol. The van der Waals surface area contributed by atoms with E-state index in [1.165, 1.54) is 0 Å². The first-order chi connectivity index (χ1) is 7.05. The molecule has 2 nitrogen and oxygen atoms in total. The molecule has 0 fully saturated rings. The second kappa shape index (κ2) is 5.29. The van der Waals surface area contributed by atoms with Crippen molar-refractivity contribution in [2.75, 3.05) is 6.54 Å². The third-order valence-electron chi connectivity index (χ3n) is 2.84. The molecule has 0 aliphatic rings. The molecule has 1 atom stereocenters. The highest BCUT2D eigenvalue weighted by Crippen LogP contribution is 2.13. The average Bonchev–Trinajstić information content (AvgIpc) is 2.27. The maximum absolute atomic E-state index is 9.92. The van der Waals surface area contributed by atoms with Gasteiger partial charge >= 0.3 is 0 Å². The minimum absolute atomic E-state index is 0.0930. The summed E-state index contributed by atoms with van der Waals surface area (Å²) in [5.41, 5.74) is 1.06. The van der Waals surface area contributed by atoms with Crippen LogP contribution in [0.25, 0.3) is 0 Å². The Morgan fingerprint density at radius 3 is 2.40 bits per heavy atom. The van der Waals surface area contributed by atoms with Gasteiger partial charge in [-0.3, -0.25) is 0 Å². The van der Waals surface area contributed by atoms with Crippen LogP contribution in [0.15, 0.2) is 30.3 Å². The Hall–Kier alpha value is -0.860. The predicted octanol–water partition coefficient (Wildman–Crippen LogP) is 2.50. The zero-order valence-electron chi connectivity index (χ0n) is 9.83. The van der Waals surface area contributed by atoms with Crippen LogP contribution in [0.2, 0.25) is 0 Å². The Labute approximate surface area is 92.3 Å². The van der Waals surface area contributed by atoms with E-state index in [1.807, 2.05) is 30.3 Å². The van der Waals surface area contributed by atoms with Crippen LogP contribution in [-0.4, -0.2) is 17.2 Å². The average molecular weight is 207 g/mol. The van der Waals surface area contributed by atoms with Crippen molar-refractivity contribution in [2.45, 2.75) is 38.8 Å². The van der Waals surface area contributed by atoms with Crippen molar-refractivity contribution in [3.63, 3.8) is 0 Å². The third kappa shape index (κ3) is 4.02. The Morgan fingerprint density at radius 1 is 1.27 bits per heavy atom. The van der Waals surface area contributed by atoms with Crippen LogP contribution < -0.4 is 5.32 Å². The van der Waals surface area contributed by atoms with Crippen molar-refractivity contribution in [1.29, 1.82) is 0 Å². The molecule has 84 valence electrons. The normalized spacial score (nSPS) is 13.9. The van der Waals surface area contributed by atoms with Crippen LogP contribution in [-0.2, 0) is 0 Å². The maximum atomic E-state index is 9.92. The largest absolute Gasteiger partial charge is 0.387 e. The van der Waals surface area contributed by atoms with Gasteiger partial charge in [-0.15, -0.1) is 0 Å². The van der Waals surface area contributed by atoms with Gasteiger partial charge in [-0.2, -0.15) is 0 Å². The van der Waals surface area contributed by atoms with Crippen LogP contribution in [0.3, 0.4) is 0 Å². The van der Waals surface area contributed by atoms with Crippen molar-refractivity contribution in [2.24, 2.45) is 0 Å². The van der Waals surface area contributed by atoms with Crippen LogP contribution in [0.1, 0.15) is 38.9 Å². The van der Waals surface area contributed by atoms with Gasteiger partial charge in [0.15, 0.2) is 0 Å². The summed E-state index contributed by atoms with van der Waals surface area (Å²) >= 11 is 0. The van der Waals surface area contributed by atoms with Gasteiger partial charge in [-0.1, -0.05) is 37.3 Å². The molecule has 2 N–H and O–H groups in total. The van der Waals surface area contributed by atoms with Gasteiger partial charge in [0.05, 0.1) is 6.10 Å². The maximum Gasteiger partial charge on any atom is 0.0914 e. The van der Waals surface area contributed by atoms with E-state index in [4.69, 9.17) is 0 Å². The molecule has 15 heavy (non-hydrogen) atoms. The summed E-state index contributed by atoms with van der Waals surface area (Å²) in [6.45, 7) is 7.03. The standard InChI is InChI=1S/C13H21NO/c1-4-13(2,3)14-10-12(15)11-8-6-5-7-9-11/h5-9,12,14-15H,4,10H2,1-3H3/t12-/m0/s1. The quantitative estimate of drug-likeness (QED) is 0.777. The molecule has 1 aromatic rings. The molecule has 0 radical (unpaired) electrons. The molecular weight excluding hydrogens is 186 g/mol. The van der Waals surface area contributed by atoms with Gasteiger partial charge in [0, 0.05) is 12.1 Å². The van der Waals surface area contributed by atoms with Gasteiger partial charge in [0.2, 0.25) is 0 Å². The molecule has 0 unspecified atom stereocenters. The molecule has 0 spiro atoms. The number of hydrogen-bond donors (Lipinski definition) is 2. The lowest BCUT2D eigenvalue weighted by Gasteiger charge is -2.26. The van der Waals surface area contributed by atoms with E-state index in [1.54, 1.807) is 0 Å². The van der Waals surface area contributed by atoms with E-state index in [-0.39, 0.29) is 5.54 Å². The monoisotopic (exact) mass is 207 g/mol. The number of nitrogens with one attached hydrogen (secondary N) is 1. The molecule has 0 heterocycles. The number of benzene rings is 1. The van der Waals surface area contributed by atoms with Gasteiger partial charge in [-0.05, 0) is 25.8 Å².